The Hall–Kier alpha value is -1.53. The van der Waals surface area contributed by atoms with Crippen molar-refractivity contribution in [3.8, 4) is 17.0 Å². The zero-order chi connectivity index (χ0) is 16.2. The normalized spacial score (nSPS) is 18.6. The Balaban J connectivity index is 0.00000156. The van der Waals surface area contributed by atoms with Crippen LogP contribution < -0.4 is 10.1 Å². The zero-order valence-corrected chi connectivity index (χ0v) is 15.9. The van der Waals surface area contributed by atoms with Gasteiger partial charge in [-0.3, -0.25) is 4.79 Å². The van der Waals surface area contributed by atoms with E-state index in [9.17, 15) is 4.79 Å². The number of halogens is 3. The monoisotopic (exact) mass is 404 g/mol. The van der Waals surface area contributed by atoms with Crippen molar-refractivity contribution in [1.82, 2.24) is 10.3 Å². The van der Waals surface area contributed by atoms with Gasteiger partial charge in [-0.1, -0.05) is 41.9 Å². The summed E-state index contributed by atoms with van der Waals surface area (Å²) < 4.78 is 10.7. The molecule has 1 aromatic heterocycles. The molecule has 0 radical (unpaired) electrons. The first-order valence-electron chi connectivity index (χ1n) is 7.36. The predicted octanol–water partition coefficient (Wildman–Crippen LogP) is 3.53. The third-order valence-corrected chi connectivity index (χ3v) is 3.91. The van der Waals surface area contributed by atoms with Gasteiger partial charge in [0, 0.05) is 30.7 Å². The lowest BCUT2D eigenvalue weighted by Gasteiger charge is -2.14. The number of aromatic nitrogens is 1. The highest BCUT2D eigenvalue weighted by Gasteiger charge is 2.31. The Morgan fingerprint density at radius 2 is 1.96 bits per heavy atom. The molecule has 1 fully saturated rings. The molecule has 1 unspecified atom stereocenters. The molecular weight excluding hydrogens is 387 g/mol. The molecule has 136 valence electrons. The largest absolute Gasteiger partial charge is 0.489 e. The Labute approximate surface area is 163 Å². The summed E-state index contributed by atoms with van der Waals surface area (Å²) in [6, 6.07) is 13.0. The van der Waals surface area contributed by atoms with Gasteiger partial charge in [-0.15, -0.1) is 24.8 Å². The minimum atomic E-state index is -0.323. The van der Waals surface area contributed by atoms with Gasteiger partial charge in [0.1, 0.15) is 23.0 Å². The fourth-order valence-corrected chi connectivity index (χ4v) is 2.80. The smallest absolute Gasteiger partial charge is 0.323 e. The molecule has 1 N–H and O–H groups in total. The van der Waals surface area contributed by atoms with Gasteiger partial charge in [-0.25, -0.2) is 4.98 Å². The second-order valence-corrected chi connectivity index (χ2v) is 5.72. The van der Waals surface area contributed by atoms with Gasteiger partial charge in [0.15, 0.2) is 0 Å². The van der Waals surface area contributed by atoms with E-state index in [1.54, 1.807) is 6.07 Å². The van der Waals surface area contributed by atoms with Crippen molar-refractivity contribution in [2.24, 2.45) is 0 Å². The number of hydrogen-bond donors (Lipinski definition) is 1. The summed E-state index contributed by atoms with van der Waals surface area (Å²) in [6.45, 7) is 0.584. The van der Waals surface area contributed by atoms with Gasteiger partial charge in [0.25, 0.3) is 0 Å². The van der Waals surface area contributed by atoms with E-state index in [0.29, 0.717) is 23.9 Å². The van der Waals surface area contributed by atoms with Crippen molar-refractivity contribution >= 4 is 42.4 Å². The van der Waals surface area contributed by atoms with Crippen molar-refractivity contribution in [3.63, 3.8) is 0 Å². The van der Waals surface area contributed by atoms with Gasteiger partial charge in [0.05, 0.1) is 12.8 Å². The molecule has 1 saturated heterocycles. The fourth-order valence-electron chi connectivity index (χ4n) is 2.61. The second kappa shape index (κ2) is 9.82. The molecule has 0 saturated carbocycles. The average molecular weight is 406 g/mol. The molecule has 25 heavy (non-hydrogen) atoms. The number of pyridine rings is 1. The first-order valence-corrected chi connectivity index (χ1v) is 7.74. The van der Waals surface area contributed by atoms with Crippen molar-refractivity contribution in [1.29, 1.82) is 0 Å². The number of rotatable bonds is 4. The second-order valence-electron chi connectivity index (χ2n) is 5.34. The third-order valence-electron chi connectivity index (χ3n) is 3.72. The highest BCUT2D eigenvalue weighted by atomic mass is 35.5. The fraction of sp³-hybridized carbons (Fsp3) is 0.294. The molecule has 1 aliphatic heterocycles. The minimum absolute atomic E-state index is 0. The third kappa shape index (κ3) is 5.47. The number of nitrogens with one attached hydrogen (secondary N) is 1. The highest BCUT2D eigenvalue weighted by molar-refractivity contribution is 6.29. The van der Waals surface area contributed by atoms with Crippen LogP contribution in [0.15, 0.2) is 42.5 Å². The lowest BCUT2D eigenvalue weighted by molar-refractivity contribution is -0.142. The van der Waals surface area contributed by atoms with Gasteiger partial charge < -0.3 is 14.8 Å². The van der Waals surface area contributed by atoms with Crippen LogP contribution in [0.4, 0.5) is 0 Å². The molecule has 0 amide bonds. The number of benzene rings is 1. The number of hydrogen-bond acceptors (Lipinski definition) is 5. The van der Waals surface area contributed by atoms with Crippen LogP contribution in [-0.4, -0.2) is 36.8 Å². The molecule has 2 atom stereocenters. The first kappa shape index (κ1) is 21.5. The van der Waals surface area contributed by atoms with Gasteiger partial charge >= 0.3 is 5.97 Å². The summed E-state index contributed by atoms with van der Waals surface area (Å²) in [7, 11) is 1.38. The first-order chi connectivity index (χ1) is 11.2. The molecule has 0 bridgehead atoms. The number of carbonyl (C=O) groups excluding carboxylic acids is 1. The molecule has 2 aromatic rings. The lowest BCUT2D eigenvalue weighted by Crippen LogP contribution is -2.31. The van der Waals surface area contributed by atoms with Crippen molar-refractivity contribution < 1.29 is 14.3 Å². The molecule has 8 heteroatoms. The minimum Gasteiger partial charge on any atom is -0.489 e. The maximum Gasteiger partial charge on any atom is 0.323 e. The van der Waals surface area contributed by atoms with Crippen LogP contribution in [0.3, 0.4) is 0 Å². The van der Waals surface area contributed by atoms with E-state index in [4.69, 9.17) is 21.1 Å². The van der Waals surface area contributed by atoms with E-state index in [1.165, 1.54) is 7.11 Å². The molecule has 5 nitrogen and oxygen atoms in total. The van der Waals surface area contributed by atoms with Crippen LogP contribution in [0, 0.1) is 0 Å². The van der Waals surface area contributed by atoms with E-state index in [-0.39, 0.29) is 42.9 Å². The number of nitrogens with zero attached hydrogens (tertiary/aromatic N) is 1. The number of methoxy groups -OCH3 is 1. The molecule has 2 heterocycles. The van der Waals surface area contributed by atoms with Crippen LogP contribution in [0.25, 0.3) is 11.3 Å². The van der Waals surface area contributed by atoms with Gasteiger partial charge in [-0.2, -0.15) is 0 Å². The summed E-state index contributed by atoms with van der Waals surface area (Å²) >= 11 is 6.11. The maximum atomic E-state index is 11.5. The van der Waals surface area contributed by atoms with E-state index in [2.05, 4.69) is 10.3 Å². The Bertz CT molecular complexity index is 701. The SMILES string of the molecule is COC(=O)[C@@H]1CC(Oc2cc(Cl)nc(-c3ccccc3)c2)CN1.Cl.Cl. The van der Waals surface area contributed by atoms with Crippen molar-refractivity contribution in [2.75, 3.05) is 13.7 Å². The van der Waals surface area contributed by atoms with E-state index >= 15 is 0 Å². The molecule has 0 aliphatic carbocycles. The lowest BCUT2D eigenvalue weighted by atomic mass is 10.1. The standard InChI is InChI=1S/C17H17ClN2O3.2ClH/c1-22-17(21)15-8-13(10-19-15)23-12-7-14(20-16(18)9-12)11-5-3-2-4-6-11;;/h2-7,9,13,15,19H,8,10H2,1H3;2*1H/t13?,15-;;/m0../s1. The van der Waals surface area contributed by atoms with Crippen LogP contribution in [0.1, 0.15) is 6.42 Å². The predicted molar refractivity (Wildman–Crippen MR) is 102 cm³/mol. The zero-order valence-electron chi connectivity index (χ0n) is 13.5. The highest BCUT2D eigenvalue weighted by Crippen LogP contribution is 2.27. The van der Waals surface area contributed by atoms with E-state index in [0.717, 1.165) is 11.3 Å². The van der Waals surface area contributed by atoms with E-state index < -0.39 is 0 Å². The summed E-state index contributed by atoms with van der Waals surface area (Å²) in [5.41, 5.74) is 1.72. The molecular formula is C17H19Cl3N2O3. The Kier molecular flexibility index (Phi) is 8.45. The molecule has 1 aliphatic rings. The van der Waals surface area contributed by atoms with Crippen LogP contribution in [0.2, 0.25) is 5.15 Å². The molecule has 1 aromatic carbocycles. The van der Waals surface area contributed by atoms with Crippen LogP contribution >= 0.6 is 36.4 Å². The topological polar surface area (TPSA) is 60.5 Å². The Morgan fingerprint density at radius 1 is 1.24 bits per heavy atom. The van der Waals surface area contributed by atoms with Crippen LogP contribution in [0.5, 0.6) is 5.75 Å². The molecule has 0 spiro atoms. The summed E-state index contributed by atoms with van der Waals surface area (Å²) in [6.07, 6.45) is 0.453. The quantitative estimate of drug-likeness (QED) is 0.623. The van der Waals surface area contributed by atoms with E-state index in [1.807, 2.05) is 36.4 Å². The van der Waals surface area contributed by atoms with Crippen LogP contribution in [-0.2, 0) is 9.53 Å². The summed E-state index contributed by atoms with van der Waals surface area (Å²) in [5, 5.41) is 3.46. The molecule has 3 rings (SSSR count). The number of carbonyl (C=O) groups is 1. The Morgan fingerprint density at radius 3 is 2.64 bits per heavy atom. The van der Waals surface area contributed by atoms with Gasteiger partial charge in [0.2, 0.25) is 0 Å². The van der Waals surface area contributed by atoms with Crippen molar-refractivity contribution in [3.05, 3.63) is 47.6 Å². The number of esters is 1. The maximum absolute atomic E-state index is 11.5. The summed E-state index contributed by atoms with van der Waals surface area (Å²) in [4.78, 5) is 15.9. The van der Waals surface area contributed by atoms with Gasteiger partial charge in [-0.05, 0) is 0 Å². The number of ether oxygens (including phenoxy) is 2. The summed E-state index contributed by atoms with van der Waals surface area (Å²) in [5.74, 6) is 0.370. The average Bonchev–Trinajstić information content (AvgIpc) is 3.03. The van der Waals surface area contributed by atoms with Crippen molar-refractivity contribution in [2.45, 2.75) is 18.6 Å².